The molecule has 0 radical (unpaired) electrons. The van der Waals surface area contributed by atoms with E-state index in [1.165, 1.54) is 0 Å². The number of nitrogens with two attached hydrogens (primary N) is 1. The predicted molar refractivity (Wildman–Crippen MR) is 50.0 cm³/mol. The summed E-state index contributed by atoms with van der Waals surface area (Å²) in [6.07, 6.45) is 1.86. The summed E-state index contributed by atoms with van der Waals surface area (Å²) in [5.41, 5.74) is 5.36. The molecule has 74 valence electrons. The van der Waals surface area contributed by atoms with E-state index in [4.69, 9.17) is 15.6 Å². The van der Waals surface area contributed by atoms with Crippen molar-refractivity contribution in [1.82, 2.24) is 0 Å². The van der Waals surface area contributed by atoms with E-state index in [9.17, 15) is 0 Å². The number of ether oxygens (including phenoxy) is 1. The van der Waals surface area contributed by atoms with E-state index in [0.717, 1.165) is 12.8 Å². The number of methoxy groups -OCH3 is 1. The van der Waals surface area contributed by atoms with E-state index in [2.05, 4.69) is 0 Å². The lowest BCUT2D eigenvalue weighted by Gasteiger charge is -2.24. The Hall–Kier alpha value is -0.120. The van der Waals surface area contributed by atoms with Crippen LogP contribution in [0.5, 0.6) is 0 Å². The SMILES string of the molecule is COC(C)(C)CCC(CN)CO. The predicted octanol–water partition coefficient (Wildman–Crippen LogP) is 0.759. The van der Waals surface area contributed by atoms with Gasteiger partial charge < -0.3 is 15.6 Å². The molecule has 0 spiro atoms. The van der Waals surface area contributed by atoms with Gasteiger partial charge in [-0.3, -0.25) is 0 Å². The quantitative estimate of drug-likeness (QED) is 0.626. The molecule has 0 aliphatic rings. The van der Waals surface area contributed by atoms with Gasteiger partial charge in [-0.15, -0.1) is 0 Å². The van der Waals surface area contributed by atoms with E-state index in [1.54, 1.807) is 7.11 Å². The maximum absolute atomic E-state index is 8.87. The molecule has 0 aromatic carbocycles. The highest BCUT2D eigenvalue weighted by atomic mass is 16.5. The highest BCUT2D eigenvalue weighted by Crippen LogP contribution is 2.18. The van der Waals surface area contributed by atoms with Gasteiger partial charge in [-0.1, -0.05) is 0 Å². The number of hydrogen-bond acceptors (Lipinski definition) is 3. The molecule has 0 saturated carbocycles. The molecule has 3 nitrogen and oxygen atoms in total. The van der Waals surface area contributed by atoms with Crippen LogP contribution in [-0.4, -0.2) is 31.0 Å². The summed E-state index contributed by atoms with van der Waals surface area (Å²) in [6.45, 7) is 4.81. The number of hydrogen-bond donors (Lipinski definition) is 2. The Morgan fingerprint density at radius 3 is 2.42 bits per heavy atom. The van der Waals surface area contributed by atoms with Crippen LogP contribution in [0.25, 0.3) is 0 Å². The first-order chi connectivity index (χ1) is 5.55. The minimum atomic E-state index is -0.0947. The first-order valence-corrected chi connectivity index (χ1v) is 4.42. The van der Waals surface area contributed by atoms with E-state index in [1.807, 2.05) is 13.8 Å². The van der Waals surface area contributed by atoms with Crippen LogP contribution in [0.3, 0.4) is 0 Å². The standard InChI is InChI=1S/C9H21NO2/c1-9(2,12-3)5-4-8(6-10)7-11/h8,11H,4-7,10H2,1-3H3. The lowest BCUT2D eigenvalue weighted by Crippen LogP contribution is -2.26. The lowest BCUT2D eigenvalue weighted by atomic mass is 9.95. The van der Waals surface area contributed by atoms with Gasteiger partial charge >= 0.3 is 0 Å². The maximum atomic E-state index is 8.87. The summed E-state index contributed by atoms with van der Waals surface area (Å²) in [5.74, 6) is 0.222. The zero-order valence-corrected chi connectivity index (χ0v) is 8.34. The van der Waals surface area contributed by atoms with E-state index in [-0.39, 0.29) is 18.1 Å². The van der Waals surface area contributed by atoms with Crippen LogP contribution >= 0.6 is 0 Å². The molecule has 0 rings (SSSR count). The average molecular weight is 175 g/mol. The van der Waals surface area contributed by atoms with Crippen LogP contribution in [0.1, 0.15) is 26.7 Å². The van der Waals surface area contributed by atoms with Crippen LogP contribution in [0, 0.1) is 5.92 Å². The molecule has 1 unspecified atom stereocenters. The van der Waals surface area contributed by atoms with Crippen molar-refractivity contribution in [1.29, 1.82) is 0 Å². The third-order valence-corrected chi connectivity index (χ3v) is 2.30. The number of aliphatic hydroxyl groups excluding tert-OH is 1. The van der Waals surface area contributed by atoms with Crippen LogP contribution < -0.4 is 5.73 Å². The molecule has 3 heteroatoms. The lowest BCUT2D eigenvalue weighted by molar-refractivity contribution is 0.00866. The Labute approximate surface area is 74.9 Å². The largest absolute Gasteiger partial charge is 0.396 e. The molecule has 0 saturated heterocycles. The Morgan fingerprint density at radius 1 is 1.50 bits per heavy atom. The topological polar surface area (TPSA) is 55.5 Å². The van der Waals surface area contributed by atoms with Gasteiger partial charge in [-0.25, -0.2) is 0 Å². The molecule has 0 fully saturated rings. The summed E-state index contributed by atoms with van der Waals surface area (Å²) >= 11 is 0. The van der Waals surface area contributed by atoms with Gasteiger partial charge in [0.05, 0.1) is 5.60 Å². The molecule has 12 heavy (non-hydrogen) atoms. The Bertz CT molecular complexity index is 111. The van der Waals surface area contributed by atoms with Gasteiger partial charge in [0, 0.05) is 13.7 Å². The summed E-state index contributed by atoms with van der Waals surface area (Å²) < 4.78 is 5.25. The van der Waals surface area contributed by atoms with Crippen molar-refractivity contribution in [2.24, 2.45) is 11.7 Å². The van der Waals surface area contributed by atoms with Crippen molar-refractivity contribution in [3.05, 3.63) is 0 Å². The summed E-state index contributed by atoms with van der Waals surface area (Å²) in [7, 11) is 1.70. The van der Waals surface area contributed by atoms with Crippen LogP contribution in [0.2, 0.25) is 0 Å². The first-order valence-electron chi connectivity index (χ1n) is 4.42. The van der Waals surface area contributed by atoms with Crippen LogP contribution in [-0.2, 0) is 4.74 Å². The van der Waals surface area contributed by atoms with Crippen molar-refractivity contribution in [3.63, 3.8) is 0 Å². The monoisotopic (exact) mass is 175 g/mol. The molecular formula is C9H21NO2. The fraction of sp³-hybridized carbons (Fsp3) is 1.00. The van der Waals surface area contributed by atoms with Crippen molar-refractivity contribution in [2.75, 3.05) is 20.3 Å². The minimum Gasteiger partial charge on any atom is -0.396 e. The third kappa shape index (κ3) is 4.70. The Kier molecular flexibility index (Phi) is 5.46. The van der Waals surface area contributed by atoms with E-state index in [0.29, 0.717) is 6.54 Å². The molecule has 3 N–H and O–H groups in total. The highest BCUT2D eigenvalue weighted by molar-refractivity contribution is 4.70. The first kappa shape index (κ1) is 11.9. The van der Waals surface area contributed by atoms with E-state index >= 15 is 0 Å². The third-order valence-electron chi connectivity index (χ3n) is 2.30. The molecule has 1 atom stereocenters. The van der Waals surface area contributed by atoms with Gasteiger partial charge in [0.2, 0.25) is 0 Å². The minimum absolute atomic E-state index is 0.0947. The second kappa shape index (κ2) is 5.51. The molecule has 0 bridgehead atoms. The summed E-state index contributed by atoms with van der Waals surface area (Å²) in [4.78, 5) is 0. The second-order valence-electron chi connectivity index (χ2n) is 3.79. The van der Waals surface area contributed by atoms with Gasteiger partial charge in [0.15, 0.2) is 0 Å². The van der Waals surface area contributed by atoms with Gasteiger partial charge in [-0.05, 0) is 39.2 Å². The molecule has 0 aliphatic heterocycles. The second-order valence-corrected chi connectivity index (χ2v) is 3.79. The van der Waals surface area contributed by atoms with Crippen LogP contribution in [0.4, 0.5) is 0 Å². The molecular weight excluding hydrogens is 154 g/mol. The average Bonchev–Trinajstić information content (AvgIpc) is 2.06. The van der Waals surface area contributed by atoms with Crippen molar-refractivity contribution in [3.8, 4) is 0 Å². The van der Waals surface area contributed by atoms with Crippen molar-refractivity contribution in [2.45, 2.75) is 32.3 Å². The zero-order valence-electron chi connectivity index (χ0n) is 8.34. The summed E-state index contributed by atoms with van der Waals surface area (Å²) in [5, 5.41) is 8.87. The normalized spacial score (nSPS) is 14.8. The smallest absolute Gasteiger partial charge is 0.0622 e. The van der Waals surface area contributed by atoms with Gasteiger partial charge in [0.1, 0.15) is 0 Å². The Balaban J connectivity index is 3.65. The molecule has 0 aromatic heterocycles. The van der Waals surface area contributed by atoms with Gasteiger partial charge in [-0.2, -0.15) is 0 Å². The van der Waals surface area contributed by atoms with E-state index < -0.39 is 0 Å². The molecule has 0 aliphatic carbocycles. The van der Waals surface area contributed by atoms with Crippen molar-refractivity contribution < 1.29 is 9.84 Å². The fourth-order valence-corrected chi connectivity index (χ4v) is 0.937. The fourth-order valence-electron chi connectivity index (χ4n) is 0.937. The molecule has 0 heterocycles. The Morgan fingerprint density at radius 2 is 2.08 bits per heavy atom. The zero-order chi connectivity index (χ0) is 9.61. The maximum Gasteiger partial charge on any atom is 0.0622 e. The highest BCUT2D eigenvalue weighted by Gasteiger charge is 2.18. The van der Waals surface area contributed by atoms with Gasteiger partial charge in [0.25, 0.3) is 0 Å². The number of aliphatic hydroxyl groups is 1. The number of rotatable bonds is 6. The summed E-state index contributed by atoms with van der Waals surface area (Å²) in [6, 6.07) is 0. The molecule has 0 aromatic rings. The van der Waals surface area contributed by atoms with Crippen LogP contribution in [0.15, 0.2) is 0 Å². The van der Waals surface area contributed by atoms with Crippen molar-refractivity contribution >= 4 is 0 Å². The molecule has 0 amide bonds.